The number of nitrogens with one attached hydrogen (secondary N) is 3. The third-order valence-corrected chi connectivity index (χ3v) is 1.77. The van der Waals surface area contributed by atoms with Gasteiger partial charge in [-0.15, -0.1) is 0 Å². The van der Waals surface area contributed by atoms with Crippen LogP contribution in [0.25, 0.3) is 0 Å². The summed E-state index contributed by atoms with van der Waals surface area (Å²) in [7, 11) is 0. The van der Waals surface area contributed by atoms with Crippen molar-refractivity contribution < 1.29 is 4.79 Å². The van der Waals surface area contributed by atoms with E-state index in [0.29, 0.717) is 6.42 Å². The van der Waals surface area contributed by atoms with Crippen LogP contribution in [0.1, 0.15) is 6.42 Å². The molecular weight excluding hydrogens is 132 g/mol. The summed E-state index contributed by atoms with van der Waals surface area (Å²) in [6.45, 7) is 1.54. The zero-order valence-corrected chi connectivity index (χ0v) is 5.55. The molecule has 0 aromatic rings. The maximum atomic E-state index is 10.8. The molecule has 0 aliphatic carbocycles. The van der Waals surface area contributed by atoms with Crippen LogP contribution in [-0.4, -0.2) is 30.4 Å². The number of nitrogens with zero attached hydrogens (tertiary/aromatic N) is 1. The third-order valence-electron chi connectivity index (χ3n) is 1.77. The summed E-state index contributed by atoms with van der Waals surface area (Å²) in [6.07, 6.45) is 0.604. The number of hydrazine groups is 1. The highest BCUT2D eigenvalue weighted by molar-refractivity contribution is 5.77. The van der Waals surface area contributed by atoms with Crippen molar-refractivity contribution in [2.45, 2.75) is 12.7 Å². The minimum Gasteiger partial charge on any atom is -0.327 e. The van der Waals surface area contributed by atoms with Gasteiger partial charge >= 0.3 is 0 Å². The lowest BCUT2D eigenvalue weighted by molar-refractivity contribution is -0.126. The van der Waals surface area contributed by atoms with Gasteiger partial charge in [-0.25, -0.2) is 10.4 Å². The Balaban J connectivity index is 2.03. The molecule has 2 saturated heterocycles. The first-order valence-electron chi connectivity index (χ1n) is 3.39. The Morgan fingerprint density at radius 2 is 2.50 bits per heavy atom. The fourth-order valence-electron chi connectivity index (χ4n) is 1.23. The molecule has 56 valence electrons. The molecule has 2 aliphatic heterocycles. The maximum Gasteiger partial charge on any atom is 0.223 e. The first-order valence-corrected chi connectivity index (χ1v) is 3.39. The van der Waals surface area contributed by atoms with E-state index in [1.165, 1.54) is 0 Å². The van der Waals surface area contributed by atoms with Gasteiger partial charge in [0.25, 0.3) is 0 Å². The molecule has 2 fully saturated rings. The molecule has 0 saturated carbocycles. The van der Waals surface area contributed by atoms with E-state index in [0.717, 1.165) is 13.2 Å². The Hall–Kier alpha value is -0.650. The van der Waals surface area contributed by atoms with Crippen LogP contribution in [0.2, 0.25) is 0 Å². The lowest BCUT2D eigenvalue weighted by Crippen LogP contribution is -2.56. The van der Waals surface area contributed by atoms with E-state index in [1.807, 2.05) is 5.01 Å². The second kappa shape index (κ2) is 2.19. The van der Waals surface area contributed by atoms with Gasteiger partial charge in [-0.2, -0.15) is 0 Å². The Morgan fingerprint density at radius 1 is 1.60 bits per heavy atom. The van der Waals surface area contributed by atoms with Crippen molar-refractivity contribution >= 4 is 5.91 Å². The van der Waals surface area contributed by atoms with E-state index < -0.39 is 0 Å². The van der Waals surface area contributed by atoms with Gasteiger partial charge in [-0.1, -0.05) is 0 Å². The van der Waals surface area contributed by atoms with E-state index in [-0.39, 0.29) is 12.2 Å². The standard InChI is InChI=1S/C5H10N4O/c10-4-1-2-9-5(8-4)6-3-7-9/h5-7H,1-3H2,(H,8,10). The van der Waals surface area contributed by atoms with E-state index in [9.17, 15) is 4.79 Å². The van der Waals surface area contributed by atoms with Crippen LogP contribution in [0.5, 0.6) is 0 Å². The van der Waals surface area contributed by atoms with Crippen LogP contribution in [-0.2, 0) is 4.79 Å². The zero-order valence-electron chi connectivity index (χ0n) is 5.55. The van der Waals surface area contributed by atoms with E-state index in [4.69, 9.17) is 0 Å². The van der Waals surface area contributed by atoms with Crippen LogP contribution in [0, 0.1) is 0 Å². The van der Waals surface area contributed by atoms with Crippen molar-refractivity contribution in [2.75, 3.05) is 13.2 Å². The minimum atomic E-state index is 0.0150. The van der Waals surface area contributed by atoms with Crippen molar-refractivity contribution in [3.63, 3.8) is 0 Å². The molecular formula is C5H10N4O. The second-order valence-corrected chi connectivity index (χ2v) is 2.45. The number of carbonyl (C=O) groups excluding carboxylic acids is 1. The molecule has 0 radical (unpaired) electrons. The van der Waals surface area contributed by atoms with Crippen LogP contribution in [0.4, 0.5) is 0 Å². The van der Waals surface area contributed by atoms with Gasteiger partial charge in [0, 0.05) is 13.0 Å². The number of hydrogen-bond acceptors (Lipinski definition) is 4. The summed E-state index contributed by atoms with van der Waals surface area (Å²) in [5.41, 5.74) is 3.09. The van der Waals surface area contributed by atoms with Crippen LogP contribution >= 0.6 is 0 Å². The first-order chi connectivity index (χ1) is 4.86. The van der Waals surface area contributed by atoms with Crippen molar-refractivity contribution in [3.05, 3.63) is 0 Å². The van der Waals surface area contributed by atoms with Crippen molar-refractivity contribution in [1.82, 2.24) is 21.1 Å². The summed E-state index contributed by atoms with van der Waals surface area (Å²) in [5, 5.41) is 7.85. The monoisotopic (exact) mass is 142 g/mol. The summed E-state index contributed by atoms with van der Waals surface area (Å²) in [4.78, 5) is 10.8. The third kappa shape index (κ3) is 0.880. The highest BCUT2D eigenvalue weighted by Gasteiger charge is 2.28. The number of hydrogen-bond donors (Lipinski definition) is 3. The molecule has 0 spiro atoms. The molecule has 5 heteroatoms. The molecule has 0 aromatic carbocycles. The molecule has 1 amide bonds. The minimum absolute atomic E-state index is 0.0150. The molecule has 5 nitrogen and oxygen atoms in total. The van der Waals surface area contributed by atoms with Gasteiger partial charge < -0.3 is 5.32 Å². The second-order valence-electron chi connectivity index (χ2n) is 2.45. The smallest absolute Gasteiger partial charge is 0.223 e. The van der Waals surface area contributed by atoms with Gasteiger partial charge in [0.2, 0.25) is 5.91 Å². The lowest BCUT2D eigenvalue weighted by atomic mass is 10.3. The van der Waals surface area contributed by atoms with E-state index >= 15 is 0 Å². The molecule has 1 atom stereocenters. The quantitative estimate of drug-likeness (QED) is 0.372. The van der Waals surface area contributed by atoms with Crippen molar-refractivity contribution in [1.29, 1.82) is 0 Å². The van der Waals surface area contributed by atoms with E-state index in [2.05, 4.69) is 16.1 Å². The number of amides is 1. The molecule has 3 N–H and O–H groups in total. The average Bonchev–Trinajstić information content (AvgIpc) is 2.33. The largest absolute Gasteiger partial charge is 0.327 e. The summed E-state index contributed by atoms with van der Waals surface area (Å²) in [6, 6.07) is 0. The van der Waals surface area contributed by atoms with Gasteiger partial charge in [-0.05, 0) is 0 Å². The highest BCUT2D eigenvalue weighted by Crippen LogP contribution is 2.02. The average molecular weight is 142 g/mol. The number of fused-ring (bicyclic) bond motifs is 1. The molecule has 10 heavy (non-hydrogen) atoms. The van der Waals surface area contributed by atoms with E-state index in [1.54, 1.807) is 0 Å². The Bertz CT molecular complexity index is 160. The highest BCUT2D eigenvalue weighted by atomic mass is 16.2. The van der Waals surface area contributed by atoms with Gasteiger partial charge in [0.15, 0.2) is 6.29 Å². The molecule has 2 heterocycles. The number of rotatable bonds is 0. The maximum absolute atomic E-state index is 10.8. The predicted molar refractivity (Wildman–Crippen MR) is 34.4 cm³/mol. The Labute approximate surface area is 58.7 Å². The van der Waals surface area contributed by atoms with Crippen LogP contribution in [0.3, 0.4) is 0 Å². The SMILES string of the molecule is O=C1CCN2NCNC2N1. The van der Waals surface area contributed by atoms with Crippen molar-refractivity contribution in [3.8, 4) is 0 Å². The summed E-state index contributed by atoms with van der Waals surface area (Å²) >= 11 is 0. The molecule has 2 rings (SSSR count). The van der Waals surface area contributed by atoms with Crippen molar-refractivity contribution in [2.24, 2.45) is 0 Å². The fraction of sp³-hybridized carbons (Fsp3) is 0.800. The summed E-state index contributed by atoms with van der Waals surface area (Å²) in [5.74, 6) is 0.123. The molecule has 0 aromatic heterocycles. The fourth-order valence-corrected chi connectivity index (χ4v) is 1.23. The lowest BCUT2D eigenvalue weighted by Gasteiger charge is -2.28. The Kier molecular flexibility index (Phi) is 1.33. The summed E-state index contributed by atoms with van der Waals surface area (Å²) < 4.78 is 0. The first kappa shape index (κ1) is 6.09. The topological polar surface area (TPSA) is 56.4 Å². The molecule has 1 unspecified atom stereocenters. The predicted octanol–water partition coefficient (Wildman–Crippen LogP) is -1.84. The molecule has 0 bridgehead atoms. The van der Waals surface area contributed by atoms with Gasteiger partial charge in [0.1, 0.15) is 0 Å². The zero-order chi connectivity index (χ0) is 6.97. The van der Waals surface area contributed by atoms with Gasteiger partial charge in [-0.3, -0.25) is 10.1 Å². The van der Waals surface area contributed by atoms with Crippen LogP contribution < -0.4 is 16.1 Å². The van der Waals surface area contributed by atoms with Crippen LogP contribution in [0.15, 0.2) is 0 Å². The normalized spacial score (nSPS) is 33.6. The molecule has 2 aliphatic rings. The van der Waals surface area contributed by atoms with Gasteiger partial charge in [0.05, 0.1) is 6.67 Å². The number of carbonyl (C=O) groups is 1. The Morgan fingerprint density at radius 3 is 3.40 bits per heavy atom.